The van der Waals surface area contributed by atoms with Crippen molar-refractivity contribution in [3.8, 4) is 0 Å². The number of hydrogen-bond acceptors (Lipinski definition) is 8. The molecule has 2 aliphatic rings. The monoisotopic (exact) mass is 743 g/mol. The molecule has 53 heavy (non-hydrogen) atoms. The molecule has 0 saturated carbocycles. The van der Waals surface area contributed by atoms with Gasteiger partial charge in [0.05, 0.1) is 42.2 Å². The van der Waals surface area contributed by atoms with E-state index in [1.165, 1.54) is 7.11 Å². The number of benzene rings is 1. The number of hydrogen-bond donors (Lipinski definition) is 3. The van der Waals surface area contributed by atoms with Crippen molar-refractivity contribution in [2.24, 2.45) is 17.8 Å². The number of nitrogens with one attached hydrogen (secondary N) is 2. The molecule has 13 nitrogen and oxygen atoms in total. The molecule has 2 aliphatic heterocycles. The van der Waals surface area contributed by atoms with Gasteiger partial charge in [0, 0.05) is 34.2 Å². The lowest BCUT2D eigenvalue weighted by atomic mass is 9.89. The van der Waals surface area contributed by atoms with Gasteiger partial charge in [-0.05, 0) is 63.6 Å². The molecule has 0 radical (unpaired) electrons. The number of aliphatic carboxylic acids is 1. The Morgan fingerprint density at radius 1 is 1.00 bits per heavy atom. The summed E-state index contributed by atoms with van der Waals surface area (Å²) in [6, 6.07) is 6.34. The molecule has 0 aliphatic carbocycles. The van der Waals surface area contributed by atoms with Crippen molar-refractivity contribution in [2.45, 2.75) is 128 Å². The summed E-state index contributed by atoms with van der Waals surface area (Å²) < 4.78 is 11.9. The second kappa shape index (κ2) is 19.7. The van der Waals surface area contributed by atoms with Gasteiger partial charge in [0.15, 0.2) is 0 Å². The molecule has 9 atom stereocenters. The van der Waals surface area contributed by atoms with Gasteiger partial charge in [0.1, 0.15) is 12.1 Å². The third kappa shape index (κ3) is 10.6. The second-order valence-corrected chi connectivity index (χ2v) is 15.7. The lowest BCUT2D eigenvalue weighted by molar-refractivity contribution is -0.148. The fourth-order valence-electron chi connectivity index (χ4n) is 8.07. The summed E-state index contributed by atoms with van der Waals surface area (Å²) in [5, 5.41) is 15.6. The summed E-state index contributed by atoms with van der Waals surface area (Å²) in [5.74, 6) is -3.14. The lowest BCUT2D eigenvalue weighted by Crippen LogP contribution is -2.61. The summed E-state index contributed by atoms with van der Waals surface area (Å²) in [4.78, 5) is 73.0. The number of carbonyl (C=O) groups is 5. The number of likely N-dealkylation sites (N-methyl/N-ethyl adjacent to an activating group) is 2. The van der Waals surface area contributed by atoms with Crippen LogP contribution in [0.25, 0.3) is 0 Å². The van der Waals surface area contributed by atoms with E-state index in [9.17, 15) is 29.1 Å². The van der Waals surface area contributed by atoms with Crippen LogP contribution < -0.4 is 10.6 Å². The Morgan fingerprint density at radius 2 is 1.66 bits per heavy atom. The molecule has 0 spiro atoms. The lowest BCUT2D eigenvalue weighted by Gasteiger charge is -2.41. The molecule has 298 valence electrons. The van der Waals surface area contributed by atoms with Crippen LogP contribution in [-0.2, 0) is 39.9 Å². The fourth-order valence-corrected chi connectivity index (χ4v) is 8.07. The Balaban J connectivity index is 1.77. The van der Waals surface area contributed by atoms with Gasteiger partial charge in [-0.3, -0.25) is 24.1 Å². The highest BCUT2D eigenvalue weighted by Crippen LogP contribution is 2.31. The third-order valence-corrected chi connectivity index (χ3v) is 11.9. The first kappa shape index (κ1) is 43.9. The molecule has 2 saturated heterocycles. The second-order valence-electron chi connectivity index (χ2n) is 15.7. The van der Waals surface area contributed by atoms with Gasteiger partial charge >= 0.3 is 5.97 Å². The van der Waals surface area contributed by atoms with E-state index < -0.39 is 59.7 Å². The zero-order valence-corrected chi connectivity index (χ0v) is 33.6. The molecule has 2 heterocycles. The molecular formula is C40H65N5O8. The average molecular weight is 744 g/mol. The maximum Gasteiger partial charge on any atom is 0.326 e. The number of ether oxygens (including phenoxy) is 2. The fraction of sp³-hybridized carbons (Fsp3) is 0.725. The molecule has 0 aromatic heterocycles. The summed E-state index contributed by atoms with van der Waals surface area (Å²) in [7, 11) is 6.70. The molecule has 0 bridgehead atoms. The van der Waals surface area contributed by atoms with Crippen LogP contribution in [-0.4, -0.2) is 133 Å². The summed E-state index contributed by atoms with van der Waals surface area (Å²) in [6.45, 7) is 12.8. The SMILES string of the molecule is CC[C@H](C)[C@@H]([C@@H](CC(=O)N1CCC[C@H]1[C@H](OC)[C@@H](C)C(=O)N[C@@H](Cc1ccccc1)C(=O)O)OC)N(C)C(=O)[C@@H](NC(=O)[C@]1(C)CCCN1C)C(C)C. The first-order chi connectivity index (χ1) is 25.0. The highest BCUT2D eigenvalue weighted by atomic mass is 16.5. The van der Waals surface area contributed by atoms with Gasteiger partial charge in [-0.15, -0.1) is 0 Å². The number of carboxylic acid groups (broad SMARTS) is 1. The van der Waals surface area contributed by atoms with Crippen molar-refractivity contribution in [3.05, 3.63) is 35.9 Å². The van der Waals surface area contributed by atoms with Gasteiger partial charge in [-0.25, -0.2) is 4.79 Å². The Kier molecular flexibility index (Phi) is 16.3. The topological polar surface area (TPSA) is 158 Å². The molecule has 1 aromatic rings. The summed E-state index contributed by atoms with van der Waals surface area (Å²) in [5.41, 5.74) is 0.101. The van der Waals surface area contributed by atoms with E-state index in [4.69, 9.17) is 9.47 Å². The van der Waals surface area contributed by atoms with Crippen molar-refractivity contribution in [3.63, 3.8) is 0 Å². The van der Waals surface area contributed by atoms with E-state index in [0.717, 1.165) is 31.4 Å². The van der Waals surface area contributed by atoms with Gasteiger partial charge in [0.25, 0.3) is 0 Å². The Labute approximate surface area is 316 Å². The van der Waals surface area contributed by atoms with Crippen molar-refractivity contribution in [1.82, 2.24) is 25.3 Å². The number of methoxy groups -OCH3 is 2. The minimum Gasteiger partial charge on any atom is -0.480 e. The van der Waals surface area contributed by atoms with Crippen LogP contribution in [0.1, 0.15) is 85.6 Å². The predicted molar refractivity (Wildman–Crippen MR) is 203 cm³/mol. The van der Waals surface area contributed by atoms with E-state index in [1.807, 2.05) is 76.9 Å². The normalized spacial score (nSPS) is 23.1. The van der Waals surface area contributed by atoms with E-state index in [1.54, 1.807) is 30.9 Å². The molecule has 0 unspecified atom stereocenters. The number of likely N-dealkylation sites (tertiary alicyclic amines) is 2. The van der Waals surface area contributed by atoms with Crippen LogP contribution in [0.3, 0.4) is 0 Å². The quantitative estimate of drug-likeness (QED) is 0.193. The zero-order valence-electron chi connectivity index (χ0n) is 33.6. The first-order valence-corrected chi connectivity index (χ1v) is 19.2. The number of amides is 4. The minimum atomic E-state index is -1.14. The molecule has 2 fully saturated rings. The average Bonchev–Trinajstić information content (AvgIpc) is 3.76. The van der Waals surface area contributed by atoms with Crippen molar-refractivity contribution in [1.29, 1.82) is 0 Å². The van der Waals surface area contributed by atoms with Gasteiger partial charge in [-0.1, -0.05) is 71.4 Å². The predicted octanol–water partition coefficient (Wildman–Crippen LogP) is 3.34. The number of rotatable bonds is 19. The Hall–Kier alpha value is -3.55. The van der Waals surface area contributed by atoms with Crippen LogP contribution in [0.2, 0.25) is 0 Å². The summed E-state index contributed by atoms with van der Waals surface area (Å²) in [6.07, 6.45) is 2.48. The van der Waals surface area contributed by atoms with Crippen molar-refractivity contribution < 1.29 is 38.6 Å². The molecule has 1 aromatic carbocycles. The van der Waals surface area contributed by atoms with Crippen LogP contribution in [0.5, 0.6) is 0 Å². The maximum absolute atomic E-state index is 14.2. The Bertz CT molecular complexity index is 1390. The van der Waals surface area contributed by atoms with E-state index in [2.05, 4.69) is 10.6 Å². The molecule has 3 rings (SSSR count). The minimum absolute atomic E-state index is 0.00360. The Morgan fingerprint density at radius 3 is 2.19 bits per heavy atom. The maximum atomic E-state index is 14.2. The highest BCUT2D eigenvalue weighted by Gasteiger charge is 2.45. The van der Waals surface area contributed by atoms with Crippen LogP contribution in [0.15, 0.2) is 30.3 Å². The third-order valence-electron chi connectivity index (χ3n) is 11.9. The van der Waals surface area contributed by atoms with E-state index >= 15 is 0 Å². The molecule has 13 heteroatoms. The number of carbonyl (C=O) groups excluding carboxylic acids is 4. The first-order valence-electron chi connectivity index (χ1n) is 19.2. The largest absolute Gasteiger partial charge is 0.480 e. The van der Waals surface area contributed by atoms with E-state index in [-0.39, 0.29) is 42.4 Å². The number of nitrogens with zero attached hydrogens (tertiary/aromatic N) is 3. The standard InChI is InChI=1S/C40H65N5O8/c1-11-26(4)34(44(8)37(48)33(25(2)3)42-39(51)40(6)20-16-21-43(40)7)31(52-9)24-32(46)45-22-15-19-30(45)35(53-10)27(5)36(47)41-29(38(49)50)23-28-17-13-12-14-18-28/h12-14,17-18,25-27,29-31,33-35H,11,15-16,19-24H2,1-10H3,(H,41,47)(H,42,51)(H,49,50)/t26-,27+,29-,30-,31+,33-,34-,35+,40-/m0/s1. The molecule has 4 amide bonds. The summed E-state index contributed by atoms with van der Waals surface area (Å²) >= 11 is 0. The van der Waals surface area contributed by atoms with E-state index in [0.29, 0.717) is 19.4 Å². The van der Waals surface area contributed by atoms with Crippen molar-refractivity contribution in [2.75, 3.05) is 41.4 Å². The van der Waals surface area contributed by atoms with Crippen LogP contribution >= 0.6 is 0 Å². The highest BCUT2D eigenvalue weighted by molar-refractivity contribution is 5.92. The zero-order chi connectivity index (χ0) is 39.6. The molecule has 3 N–H and O–H groups in total. The van der Waals surface area contributed by atoms with Crippen LogP contribution in [0, 0.1) is 17.8 Å². The van der Waals surface area contributed by atoms with Gasteiger partial charge in [0.2, 0.25) is 23.6 Å². The molecular weight excluding hydrogens is 678 g/mol. The van der Waals surface area contributed by atoms with Gasteiger partial charge in [-0.2, -0.15) is 0 Å². The number of carboxylic acids is 1. The van der Waals surface area contributed by atoms with Crippen LogP contribution in [0.4, 0.5) is 0 Å². The van der Waals surface area contributed by atoms with Crippen molar-refractivity contribution >= 4 is 29.6 Å². The smallest absolute Gasteiger partial charge is 0.326 e. The van der Waals surface area contributed by atoms with Gasteiger partial charge < -0.3 is 35.0 Å².